The van der Waals surface area contributed by atoms with Crippen LogP contribution in [0, 0.1) is 0 Å². The summed E-state index contributed by atoms with van der Waals surface area (Å²) in [6.45, 7) is 10.8. The third-order valence-electron chi connectivity index (χ3n) is 5.13. The van der Waals surface area contributed by atoms with Crippen LogP contribution in [0.5, 0.6) is 0 Å². The first-order valence-corrected chi connectivity index (χ1v) is 11.4. The topological polar surface area (TPSA) is 38.3 Å². The highest BCUT2D eigenvalue weighted by Gasteiger charge is 2.55. The number of hydrogen-bond acceptors (Lipinski definition) is 2. The molecule has 142 valence electrons. The molecule has 2 aromatic carbocycles. The zero-order valence-electron chi connectivity index (χ0n) is 16.8. The van der Waals surface area contributed by atoms with Gasteiger partial charge in [0.25, 0.3) is 14.2 Å². The fourth-order valence-electron chi connectivity index (χ4n) is 3.89. The molecule has 1 fully saturated rings. The molecule has 2 aromatic rings. The minimum absolute atomic E-state index is 0.0227. The van der Waals surface area contributed by atoms with Gasteiger partial charge in [-0.2, -0.15) is 0 Å². The fourth-order valence-corrected chi connectivity index (χ4v) is 8.54. The Morgan fingerprint density at radius 2 is 1.44 bits per heavy atom. The lowest BCUT2D eigenvalue weighted by molar-refractivity contribution is -0.138. The smallest absolute Gasteiger partial charge is 0.262 e. The van der Waals surface area contributed by atoms with Crippen molar-refractivity contribution in [3.05, 3.63) is 72.3 Å². The van der Waals surface area contributed by atoms with Gasteiger partial charge in [-0.1, -0.05) is 93.1 Å². The summed E-state index contributed by atoms with van der Waals surface area (Å²) in [5.41, 5.74) is 1.18. The van der Waals surface area contributed by atoms with E-state index in [2.05, 4.69) is 80.7 Å². The molecule has 27 heavy (non-hydrogen) atoms. The monoisotopic (exact) mass is 379 g/mol. The fraction of sp³-hybridized carbons (Fsp3) is 0.348. The van der Waals surface area contributed by atoms with Crippen molar-refractivity contribution in [3.63, 3.8) is 0 Å². The highest BCUT2D eigenvalue weighted by Crippen LogP contribution is 2.38. The van der Waals surface area contributed by atoms with Crippen LogP contribution in [0.25, 0.3) is 0 Å². The molecule has 4 heteroatoms. The SMILES string of the molecule is CC(C)=C[C@H]1NC(=O)[C@H]1O[Si](c1ccccc1)(c1ccccc1)C(C)(C)C. The standard InChI is InChI=1S/C23H29NO2Si/c1-17(2)16-20-21(22(25)24-20)26-27(23(3,4)5,18-12-8-6-9-13-18)19-14-10-7-11-15-19/h6-16,20-21H,1-5H3,(H,24,25)/t20-,21+/m1/s1. The second-order valence-corrected chi connectivity index (χ2v) is 12.7. The molecule has 0 saturated carbocycles. The normalized spacial score (nSPS) is 19.8. The van der Waals surface area contributed by atoms with Crippen LogP contribution in [0.2, 0.25) is 5.04 Å². The van der Waals surface area contributed by atoms with E-state index in [0.29, 0.717) is 0 Å². The van der Waals surface area contributed by atoms with Crippen molar-refractivity contribution in [1.29, 1.82) is 0 Å². The second kappa shape index (κ2) is 7.45. The Kier molecular flexibility index (Phi) is 5.40. The van der Waals surface area contributed by atoms with Gasteiger partial charge in [-0.15, -0.1) is 0 Å². The van der Waals surface area contributed by atoms with Crippen LogP contribution < -0.4 is 15.7 Å². The third kappa shape index (κ3) is 3.64. The van der Waals surface area contributed by atoms with Gasteiger partial charge in [0, 0.05) is 0 Å². The molecule has 3 nitrogen and oxygen atoms in total. The first-order chi connectivity index (χ1) is 12.8. The van der Waals surface area contributed by atoms with Gasteiger partial charge in [0.15, 0.2) is 0 Å². The van der Waals surface area contributed by atoms with E-state index in [1.165, 1.54) is 15.9 Å². The van der Waals surface area contributed by atoms with Crippen molar-refractivity contribution >= 4 is 24.6 Å². The van der Waals surface area contributed by atoms with Crippen LogP contribution in [-0.2, 0) is 9.22 Å². The maximum Gasteiger partial charge on any atom is 0.262 e. The molecule has 1 aliphatic rings. The van der Waals surface area contributed by atoms with E-state index in [0.717, 1.165) is 0 Å². The predicted molar refractivity (Wildman–Crippen MR) is 114 cm³/mol. The van der Waals surface area contributed by atoms with Crippen molar-refractivity contribution in [1.82, 2.24) is 5.32 Å². The molecule has 0 aromatic heterocycles. The molecule has 0 aliphatic carbocycles. The van der Waals surface area contributed by atoms with Crippen LogP contribution in [-0.4, -0.2) is 26.4 Å². The first kappa shape index (κ1) is 19.6. The second-order valence-electron chi connectivity index (χ2n) is 8.48. The van der Waals surface area contributed by atoms with Crippen molar-refractivity contribution in [2.24, 2.45) is 0 Å². The zero-order chi connectivity index (χ0) is 19.7. The van der Waals surface area contributed by atoms with Crippen molar-refractivity contribution in [2.75, 3.05) is 0 Å². The minimum Gasteiger partial charge on any atom is -0.393 e. The molecule has 0 unspecified atom stereocenters. The third-order valence-corrected chi connectivity index (χ3v) is 10.1. The molecule has 0 spiro atoms. The first-order valence-electron chi connectivity index (χ1n) is 9.50. The largest absolute Gasteiger partial charge is 0.393 e. The van der Waals surface area contributed by atoms with Gasteiger partial charge in [-0.25, -0.2) is 0 Å². The van der Waals surface area contributed by atoms with Crippen LogP contribution in [0.15, 0.2) is 72.3 Å². The molecule has 0 radical (unpaired) electrons. The number of carbonyl (C=O) groups is 1. The molecule has 2 atom stereocenters. The van der Waals surface area contributed by atoms with Crippen molar-refractivity contribution in [2.45, 2.75) is 51.8 Å². The molecular formula is C23H29NO2Si. The van der Waals surface area contributed by atoms with Crippen molar-refractivity contribution in [3.8, 4) is 0 Å². The summed E-state index contributed by atoms with van der Waals surface area (Å²) in [6, 6.07) is 20.8. The summed E-state index contributed by atoms with van der Waals surface area (Å²) >= 11 is 0. The van der Waals surface area contributed by atoms with E-state index >= 15 is 0 Å². The Labute approximate surface area is 163 Å². The number of allylic oxidation sites excluding steroid dienone is 1. The highest BCUT2D eigenvalue weighted by atomic mass is 28.4. The van der Waals surface area contributed by atoms with E-state index in [-0.39, 0.29) is 17.0 Å². The van der Waals surface area contributed by atoms with E-state index in [9.17, 15) is 4.79 Å². The Hall–Kier alpha value is -2.17. The summed E-state index contributed by atoms with van der Waals surface area (Å²) in [4.78, 5) is 12.4. The van der Waals surface area contributed by atoms with Gasteiger partial charge in [0.2, 0.25) is 0 Å². The number of rotatable bonds is 5. The number of benzene rings is 2. The molecule has 1 saturated heterocycles. The molecule has 1 amide bonds. The molecule has 1 N–H and O–H groups in total. The van der Waals surface area contributed by atoms with Crippen LogP contribution in [0.1, 0.15) is 34.6 Å². The summed E-state index contributed by atoms with van der Waals surface area (Å²) in [7, 11) is -2.71. The molecule has 1 heterocycles. The van der Waals surface area contributed by atoms with Gasteiger partial charge < -0.3 is 9.74 Å². The van der Waals surface area contributed by atoms with Crippen LogP contribution >= 0.6 is 0 Å². The van der Waals surface area contributed by atoms with Gasteiger partial charge in [-0.3, -0.25) is 4.79 Å². The van der Waals surface area contributed by atoms with Gasteiger partial charge in [0.1, 0.15) is 6.10 Å². The Morgan fingerprint density at radius 3 is 1.81 bits per heavy atom. The van der Waals surface area contributed by atoms with E-state index in [4.69, 9.17) is 4.43 Å². The maximum atomic E-state index is 12.4. The van der Waals surface area contributed by atoms with E-state index < -0.39 is 14.4 Å². The van der Waals surface area contributed by atoms with Crippen molar-refractivity contribution < 1.29 is 9.22 Å². The Morgan fingerprint density at radius 1 is 0.963 bits per heavy atom. The van der Waals surface area contributed by atoms with Gasteiger partial charge >= 0.3 is 0 Å². The summed E-state index contributed by atoms with van der Waals surface area (Å²) in [5.74, 6) is -0.0227. The number of amides is 1. The lowest BCUT2D eigenvalue weighted by Crippen LogP contribution is -2.74. The summed E-state index contributed by atoms with van der Waals surface area (Å²) in [6.07, 6.45) is 1.63. The van der Waals surface area contributed by atoms with Crippen LogP contribution in [0.3, 0.4) is 0 Å². The average molecular weight is 380 g/mol. The number of hydrogen-bond donors (Lipinski definition) is 1. The van der Waals surface area contributed by atoms with Gasteiger partial charge in [0.05, 0.1) is 6.04 Å². The predicted octanol–water partition coefficient (Wildman–Crippen LogP) is 3.40. The molecule has 1 aliphatic heterocycles. The number of nitrogens with one attached hydrogen (secondary N) is 1. The Bertz CT molecular complexity index is 781. The molecule has 0 bridgehead atoms. The van der Waals surface area contributed by atoms with E-state index in [1.54, 1.807) is 0 Å². The van der Waals surface area contributed by atoms with E-state index in [1.807, 2.05) is 26.0 Å². The summed E-state index contributed by atoms with van der Waals surface area (Å²) < 4.78 is 6.92. The maximum absolute atomic E-state index is 12.4. The van der Waals surface area contributed by atoms with Gasteiger partial charge in [-0.05, 0) is 29.3 Å². The number of carbonyl (C=O) groups excluding carboxylic acids is 1. The molecular weight excluding hydrogens is 350 g/mol. The summed E-state index contributed by atoms with van der Waals surface area (Å²) in [5, 5.41) is 5.23. The average Bonchev–Trinajstić information content (AvgIpc) is 2.62. The quantitative estimate of drug-likeness (QED) is 0.491. The lowest BCUT2D eigenvalue weighted by atomic mass is 10.0. The zero-order valence-corrected chi connectivity index (χ0v) is 17.8. The number of β-lactam (4-membered cyclic amide) rings is 1. The minimum atomic E-state index is -2.71. The molecule has 3 rings (SSSR count). The Balaban J connectivity index is 2.15. The highest BCUT2D eigenvalue weighted by molar-refractivity contribution is 6.99. The van der Waals surface area contributed by atoms with Crippen LogP contribution in [0.4, 0.5) is 0 Å². The lowest BCUT2D eigenvalue weighted by Gasteiger charge is -2.48.